The number of aromatic nitrogens is 15. The third kappa shape index (κ3) is 13.6. The summed E-state index contributed by atoms with van der Waals surface area (Å²) in [6.07, 6.45) is 0. The fraction of sp³-hybridized carbons (Fsp3) is 0. The van der Waals surface area contributed by atoms with Gasteiger partial charge in [0.05, 0.1) is 66.2 Å². The van der Waals surface area contributed by atoms with E-state index in [1.807, 2.05) is 182 Å². The average molecular weight is 1770 g/mol. The molecule has 0 atom stereocenters. The van der Waals surface area contributed by atoms with Crippen LogP contribution in [0.15, 0.2) is 479 Å². The Morgan fingerprint density at radius 3 is 0.659 bits per heavy atom. The number of hydrogen-bond acceptors (Lipinski definition) is 9. The van der Waals surface area contributed by atoms with Gasteiger partial charge in [-0.15, -0.1) is 0 Å². The van der Waals surface area contributed by atoms with Crippen molar-refractivity contribution in [1.82, 2.24) is 72.3 Å². The van der Waals surface area contributed by atoms with Crippen LogP contribution >= 0.6 is 0 Å². The first-order valence-corrected chi connectivity index (χ1v) is 46.3. The summed E-state index contributed by atoms with van der Waals surface area (Å²) < 4.78 is 14.0. The Bertz CT molecular complexity index is 9380. The van der Waals surface area contributed by atoms with Gasteiger partial charge >= 0.3 is 0 Å². The number of benzene rings is 19. The van der Waals surface area contributed by atoms with E-state index in [4.69, 9.17) is 44.9 Å². The van der Waals surface area contributed by atoms with Gasteiger partial charge in [-0.25, -0.2) is 24.9 Å². The number of fused-ring (bicyclic) bond motifs is 21. The lowest BCUT2D eigenvalue weighted by Gasteiger charge is -2.14. The molecule has 28 rings (SSSR count). The van der Waals surface area contributed by atoms with Crippen LogP contribution in [0.5, 0.6) is 0 Å². The zero-order valence-corrected chi connectivity index (χ0v) is 74.3. The van der Waals surface area contributed by atoms with Crippen LogP contribution in [-0.2, 0) is 0 Å². The predicted molar refractivity (Wildman–Crippen MR) is 564 cm³/mol. The van der Waals surface area contributed by atoms with Crippen LogP contribution in [0.4, 0.5) is 0 Å². The second kappa shape index (κ2) is 33.7. The summed E-state index contributed by atoms with van der Waals surface area (Å²) in [6, 6.07) is 166. The lowest BCUT2D eigenvalue weighted by Crippen LogP contribution is -2.07. The summed E-state index contributed by atoms with van der Waals surface area (Å²) in [5.41, 5.74) is 24.4. The Balaban J connectivity index is 0.000000107. The SMILES string of the molecule is c1ccc(-c2nc(-c3ccccc3)nc(-c3cccc(-n4c5ccccc5c5ccc6c7ccccc7n(-c7ccccc7)c6c54)c3)n2)cc1.c1ccc(-c2nc(-c3ccccc3)nc(-n3c4ccccc4c4ccc5c(c6ccccc6n5-c5ccccc5)c43)n2)cc1.c1ccc(-c2nc(-c3ccccc3)nc(-n3c4ccccc4c4ccc5c6ccccc6n(-c6ccccc6)c5c43)n2)cc1. The van der Waals surface area contributed by atoms with Crippen molar-refractivity contribution in [1.29, 1.82) is 0 Å². The molecule has 0 aliphatic rings. The van der Waals surface area contributed by atoms with E-state index in [-0.39, 0.29) is 0 Å². The van der Waals surface area contributed by atoms with Gasteiger partial charge < -0.3 is 18.3 Å². The van der Waals surface area contributed by atoms with E-state index in [2.05, 4.69) is 325 Å². The molecule has 0 saturated heterocycles. The van der Waals surface area contributed by atoms with E-state index in [0.717, 1.165) is 138 Å². The molecule has 0 radical (unpaired) electrons. The number of hydrogen-bond donors (Lipinski definition) is 0. The minimum absolute atomic E-state index is 0.585. The summed E-state index contributed by atoms with van der Waals surface area (Å²) in [5.74, 6) is 5.64. The Morgan fingerprint density at radius 2 is 0.333 bits per heavy atom. The zero-order chi connectivity index (χ0) is 91.1. The smallest absolute Gasteiger partial charge is 0.238 e. The van der Waals surface area contributed by atoms with Gasteiger partial charge in [-0.1, -0.05) is 388 Å². The second-order valence-electron chi connectivity index (χ2n) is 34.3. The first-order chi connectivity index (χ1) is 68.5. The molecule has 0 amide bonds. The fourth-order valence-electron chi connectivity index (χ4n) is 20.3. The number of nitrogens with zero attached hydrogens (tertiary/aromatic N) is 15. The van der Waals surface area contributed by atoms with E-state index in [9.17, 15) is 0 Å². The third-order valence-electron chi connectivity index (χ3n) is 26.3. The monoisotopic (exact) mass is 1770 g/mol. The largest absolute Gasteiger partial charge is 0.309 e. The van der Waals surface area contributed by atoms with Gasteiger partial charge in [0.25, 0.3) is 0 Å². The lowest BCUT2D eigenvalue weighted by atomic mass is 10.1. The highest BCUT2D eigenvalue weighted by Crippen LogP contribution is 2.47. The van der Waals surface area contributed by atoms with E-state index in [0.29, 0.717) is 52.7 Å². The molecule has 0 bridgehead atoms. The van der Waals surface area contributed by atoms with Crippen LogP contribution in [-0.4, -0.2) is 72.3 Å². The number of para-hydroxylation sites is 9. The van der Waals surface area contributed by atoms with Crippen LogP contribution < -0.4 is 0 Å². The van der Waals surface area contributed by atoms with E-state index in [1.54, 1.807) is 0 Å². The molecule has 19 aromatic carbocycles. The highest BCUT2D eigenvalue weighted by atomic mass is 15.2. The predicted octanol–water partition coefficient (Wildman–Crippen LogP) is 29.9. The Kier molecular flexibility index (Phi) is 19.5. The van der Waals surface area contributed by atoms with Gasteiger partial charge in [0.1, 0.15) is 0 Å². The molecule has 0 fully saturated rings. The van der Waals surface area contributed by atoms with E-state index >= 15 is 0 Å². The topological polar surface area (TPSA) is 146 Å². The molecule has 15 nitrogen and oxygen atoms in total. The highest BCUT2D eigenvalue weighted by molar-refractivity contribution is 6.28. The summed E-state index contributed by atoms with van der Waals surface area (Å²) in [6.45, 7) is 0. The van der Waals surface area contributed by atoms with Gasteiger partial charge in [-0.3, -0.25) is 9.13 Å². The van der Waals surface area contributed by atoms with E-state index < -0.39 is 0 Å². The lowest BCUT2D eigenvalue weighted by molar-refractivity contribution is 0.953. The van der Waals surface area contributed by atoms with Crippen molar-refractivity contribution in [3.05, 3.63) is 479 Å². The minimum Gasteiger partial charge on any atom is -0.309 e. The maximum atomic E-state index is 5.17. The molecule has 0 saturated carbocycles. The molecule has 0 spiro atoms. The van der Waals surface area contributed by atoms with Crippen LogP contribution in [0, 0.1) is 0 Å². The molecule has 28 aromatic rings. The normalized spacial score (nSPS) is 11.6. The van der Waals surface area contributed by atoms with Gasteiger partial charge in [0, 0.05) is 126 Å². The van der Waals surface area contributed by atoms with Crippen molar-refractivity contribution in [2.45, 2.75) is 0 Å². The Morgan fingerprint density at radius 1 is 0.123 bits per heavy atom. The molecule has 0 unspecified atom stereocenters. The van der Waals surface area contributed by atoms with Crippen molar-refractivity contribution in [3.8, 4) is 114 Å². The highest BCUT2D eigenvalue weighted by Gasteiger charge is 2.29. The van der Waals surface area contributed by atoms with Gasteiger partial charge in [-0.2, -0.15) is 19.9 Å². The van der Waals surface area contributed by atoms with Crippen molar-refractivity contribution >= 4 is 131 Å². The summed E-state index contributed by atoms with van der Waals surface area (Å²) >= 11 is 0. The van der Waals surface area contributed by atoms with Crippen LogP contribution in [0.25, 0.3) is 245 Å². The standard InChI is InChI=1S/C45H29N5.2C39H25N5/c1-4-15-30(16-5-1)43-46-44(31-17-6-2-7-18-31)48-45(47-43)32-19-14-22-34(29-32)50-40-26-13-11-24-36(40)38-28-27-37-35-23-10-12-25-39(35)49(41(37)42(38)50)33-20-8-3-9-21-33;1-4-14-26(15-5-1)37-40-38(27-16-6-2-7-17-27)42-39(41-37)44-32-22-12-10-20-29(32)30-24-25-34-35(36(30)44)31-21-11-13-23-33(31)43(34)28-18-8-3-9-19-28;1-4-14-26(15-5-1)37-40-38(27-16-6-2-7-17-27)42-39(41-37)44-34-23-13-11-21-30(34)32-25-24-31-29-20-10-12-22-33(29)43(35(31)36(32)44)28-18-8-3-9-19-28/h1-29H;2*1-25H. The summed E-state index contributed by atoms with van der Waals surface area (Å²) in [7, 11) is 0. The van der Waals surface area contributed by atoms with Crippen LogP contribution in [0.2, 0.25) is 0 Å². The average Bonchev–Trinajstić information content (AvgIpc) is 1.55. The van der Waals surface area contributed by atoms with Crippen LogP contribution in [0.1, 0.15) is 0 Å². The summed E-state index contributed by atoms with van der Waals surface area (Å²) in [5, 5.41) is 14.2. The zero-order valence-electron chi connectivity index (χ0n) is 74.3. The van der Waals surface area contributed by atoms with Crippen molar-refractivity contribution in [2.24, 2.45) is 0 Å². The van der Waals surface area contributed by atoms with Gasteiger partial charge in [0.15, 0.2) is 40.8 Å². The molecular weight excluding hydrogens is 1690 g/mol. The quantitative estimate of drug-likeness (QED) is 0.110. The molecular formula is C123H79N15. The van der Waals surface area contributed by atoms with Crippen LogP contribution in [0.3, 0.4) is 0 Å². The molecule has 9 aromatic heterocycles. The molecule has 138 heavy (non-hydrogen) atoms. The first-order valence-electron chi connectivity index (χ1n) is 46.3. The minimum atomic E-state index is 0.585. The number of rotatable bonds is 13. The molecule has 646 valence electrons. The molecule has 15 heteroatoms. The molecule has 0 aliphatic heterocycles. The van der Waals surface area contributed by atoms with Crippen molar-refractivity contribution in [2.75, 3.05) is 0 Å². The third-order valence-corrected chi connectivity index (χ3v) is 26.3. The second-order valence-corrected chi connectivity index (χ2v) is 34.3. The first kappa shape index (κ1) is 79.9. The Hall–Kier alpha value is -19.0. The maximum absolute atomic E-state index is 5.17. The van der Waals surface area contributed by atoms with Crippen molar-refractivity contribution < 1.29 is 0 Å². The van der Waals surface area contributed by atoms with Gasteiger partial charge in [0.2, 0.25) is 11.9 Å². The molecule has 9 heterocycles. The molecule has 0 aliphatic carbocycles. The summed E-state index contributed by atoms with van der Waals surface area (Å²) in [4.78, 5) is 45.6. The van der Waals surface area contributed by atoms with Crippen molar-refractivity contribution in [3.63, 3.8) is 0 Å². The Labute approximate surface area is 791 Å². The fourth-order valence-corrected chi connectivity index (χ4v) is 20.3. The van der Waals surface area contributed by atoms with Gasteiger partial charge in [-0.05, 0) is 91.0 Å². The van der Waals surface area contributed by atoms with E-state index in [1.165, 1.54) is 54.1 Å². The molecule has 0 N–H and O–H groups in total. The maximum Gasteiger partial charge on any atom is 0.238 e.